The van der Waals surface area contributed by atoms with Crippen molar-refractivity contribution in [3.05, 3.63) is 70.9 Å². The molecule has 2 aromatic rings. The second kappa shape index (κ2) is 19.3. The monoisotopic (exact) mass is 980 g/mol. The van der Waals surface area contributed by atoms with Gasteiger partial charge in [0.2, 0.25) is 0 Å². The molecule has 22 heteroatoms. The molecule has 0 aromatic heterocycles. The topological polar surface area (TPSA) is 280 Å². The number of amides is 2. The zero-order valence-electron chi connectivity index (χ0n) is 37.2. The Morgan fingerprint density at radius 3 is 2.05 bits per heavy atom. The Bertz CT molecular complexity index is 2640. The Labute approximate surface area is 384 Å². The van der Waals surface area contributed by atoms with Gasteiger partial charge in [-0.25, -0.2) is 30.0 Å². The van der Waals surface area contributed by atoms with E-state index >= 15 is 0 Å². The quantitative estimate of drug-likeness (QED) is 0.0839. The van der Waals surface area contributed by atoms with Gasteiger partial charge in [-0.1, -0.05) is 0 Å². The average molecular weight is 981 g/mol. The Balaban J connectivity index is 1.52. The van der Waals surface area contributed by atoms with E-state index in [2.05, 4.69) is 4.90 Å². The van der Waals surface area contributed by atoms with Crippen LogP contribution < -0.4 is 4.90 Å². The zero-order chi connectivity index (χ0) is 48.6. The van der Waals surface area contributed by atoms with Gasteiger partial charge < -0.3 is 32.7 Å². The molecule has 1 fully saturated rings. The van der Waals surface area contributed by atoms with Crippen LogP contribution in [-0.2, 0) is 65.1 Å². The number of benzene rings is 2. The fourth-order valence-corrected chi connectivity index (χ4v) is 10.4. The van der Waals surface area contributed by atoms with E-state index in [0.29, 0.717) is 56.7 Å². The summed E-state index contributed by atoms with van der Waals surface area (Å²) >= 11 is 0.531. The number of rotatable bonds is 21. The maximum atomic E-state index is 12.6. The molecule has 18 nitrogen and oxygen atoms in total. The molecule has 2 unspecified atom stereocenters. The summed E-state index contributed by atoms with van der Waals surface area (Å²) in [5.41, 5.74) is 0.0841. The number of hydrogen-bond donors (Lipinski definition) is 1. The highest BCUT2D eigenvalue weighted by Gasteiger charge is 2.48. The number of hydroxylamine groups is 2. The van der Waals surface area contributed by atoms with Crippen LogP contribution in [0.1, 0.15) is 117 Å². The molecule has 0 bridgehead atoms. The SMILES string of the molecule is CC(=CC1=Nc2ccc(S(=O)(=O)[O-])cc2C1(C)CCCS(=O)(=O)[O-])C=C1N(C(C)(C)CCOC(C)(C)CCC(=O)ON2C(=O)CCC2=O)c2ccc(SO)cc2C1(C)CCCS(=O)(=O)[O-]. The predicted octanol–water partition coefficient (Wildman–Crippen LogP) is 6.11. The lowest BCUT2D eigenvalue weighted by Gasteiger charge is -2.42. The van der Waals surface area contributed by atoms with Crippen molar-refractivity contribution >= 4 is 77.3 Å². The normalized spacial score (nSPS) is 21.3. The molecular formula is C43H54N3O15S4-3. The van der Waals surface area contributed by atoms with E-state index < -0.39 is 86.5 Å². The molecule has 3 aliphatic rings. The fraction of sp³-hybridized carbons (Fsp3) is 0.535. The number of anilines is 1. The summed E-state index contributed by atoms with van der Waals surface area (Å²) in [6.45, 7) is 13.1. The van der Waals surface area contributed by atoms with Crippen molar-refractivity contribution in [2.75, 3.05) is 23.0 Å². The van der Waals surface area contributed by atoms with E-state index in [-0.39, 0.29) is 58.0 Å². The second-order valence-corrected chi connectivity index (χ2v) is 23.3. The van der Waals surface area contributed by atoms with Gasteiger partial charge >= 0.3 is 5.97 Å². The zero-order valence-corrected chi connectivity index (χ0v) is 40.5. The summed E-state index contributed by atoms with van der Waals surface area (Å²) in [7, 11) is -14.1. The lowest BCUT2D eigenvalue weighted by molar-refractivity contribution is -0.198. The van der Waals surface area contributed by atoms with Gasteiger partial charge in [0, 0.05) is 75.6 Å². The fourth-order valence-electron chi connectivity index (χ4n) is 8.57. The van der Waals surface area contributed by atoms with Crippen molar-refractivity contribution < 1.29 is 67.4 Å². The van der Waals surface area contributed by atoms with Crippen LogP contribution in [0.3, 0.4) is 0 Å². The first-order chi connectivity index (χ1) is 29.9. The Hall–Kier alpha value is -4.00. The van der Waals surface area contributed by atoms with Gasteiger partial charge in [0.1, 0.15) is 10.1 Å². The Morgan fingerprint density at radius 2 is 1.48 bits per heavy atom. The number of nitrogens with zero attached hydrogens (tertiary/aromatic N) is 3. The van der Waals surface area contributed by atoms with Crippen molar-refractivity contribution in [2.24, 2.45) is 4.99 Å². The minimum absolute atomic E-state index is 0.0138. The van der Waals surface area contributed by atoms with Crippen LogP contribution in [0.25, 0.3) is 0 Å². The van der Waals surface area contributed by atoms with Crippen molar-refractivity contribution in [3.63, 3.8) is 0 Å². The number of carbonyl (C=O) groups excluding carboxylic acids is 3. The van der Waals surface area contributed by atoms with Gasteiger partial charge in [0.15, 0.2) is 0 Å². The first kappa shape index (κ1) is 52.0. The number of fused-ring (bicyclic) bond motifs is 2. The first-order valence-corrected chi connectivity index (χ1v) is 26.2. The third-order valence-corrected chi connectivity index (χ3v) is 15.1. The predicted molar refractivity (Wildman–Crippen MR) is 238 cm³/mol. The largest absolute Gasteiger partial charge is 0.748 e. The maximum absolute atomic E-state index is 12.6. The molecule has 0 radical (unpaired) electrons. The summed E-state index contributed by atoms with van der Waals surface area (Å²) in [4.78, 5) is 48.3. The highest BCUT2D eigenvalue weighted by atomic mass is 32.2. The van der Waals surface area contributed by atoms with Crippen molar-refractivity contribution in [2.45, 2.75) is 138 Å². The summed E-state index contributed by atoms with van der Waals surface area (Å²) in [6.07, 6.45) is 4.11. The van der Waals surface area contributed by atoms with Crippen LogP contribution in [0, 0.1) is 0 Å². The summed E-state index contributed by atoms with van der Waals surface area (Å²) in [6, 6.07) is 9.11. The minimum Gasteiger partial charge on any atom is -0.748 e. The summed E-state index contributed by atoms with van der Waals surface area (Å²) in [5, 5.41) is 0.495. The van der Waals surface area contributed by atoms with E-state index in [4.69, 9.17) is 14.6 Å². The highest BCUT2D eigenvalue weighted by Crippen LogP contribution is 2.55. The van der Waals surface area contributed by atoms with Gasteiger partial charge in [0.25, 0.3) is 11.8 Å². The standard InChI is InChI=1S/C43H57N3O15S4/c1-28(24-35-42(6,17-8-22-63(51,52)53)31-27-30(65(57,58)59)11-12-33(31)44-35)25-36-43(7,18-9-23-64(54,55)56)32-26-29(62-50)10-13-34(32)45(36)40(2,3)20-21-60-41(4,5)19-16-39(49)61-46-37(47)14-15-38(46)48/h10-13,24-27,50H,8-9,14-23H2,1-7H3,(H,51,52,53)(H,54,55,56)(H,57,58,59)/p-3. The number of allylic oxidation sites excluding steroid dienone is 4. The third kappa shape index (κ3) is 12.5. The van der Waals surface area contributed by atoms with Crippen molar-refractivity contribution in [1.29, 1.82) is 0 Å². The molecule has 2 amide bonds. The Morgan fingerprint density at radius 1 is 0.877 bits per heavy atom. The van der Waals surface area contributed by atoms with E-state index in [1.807, 2.05) is 32.9 Å². The van der Waals surface area contributed by atoms with Gasteiger partial charge in [-0.15, -0.1) is 5.06 Å². The van der Waals surface area contributed by atoms with Gasteiger partial charge in [-0.2, -0.15) is 0 Å². The van der Waals surface area contributed by atoms with E-state index in [1.54, 1.807) is 45.9 Å². The lowest BCUT2D eigenvalue weighted by atomic mass is 9.75. The van der Waals surface area contributed by atoms with Crippen LogP contribution >= 0.6 is 12.0 Å². The van der Waals surface area contributed by atoms with Crippen molar-refractivity contribution in [1.82, 2.24) is 5.06 Å². The number of aliphatic imine (C=N–C) groups is 1. The third-order valence-electron chi connectivity index (χ3n) is 12.2. The Kier molecular flexibility index (Phi) is 15.4. The molecule has 3 aliphatic heterocycles. The van der Waals surface area contributed by atoms with E-state index in [9.17, 15) is 57.8 Å². The lowest BCUT2D eigenvalue weighted by Crippen LogP contribution is -2.45. The van der Waals surface area contributed by atoms with Gasteiger partial charge in [0.05, 0.1) is 48.6 Å². The molecule has 0 saturated carbocycles. The first-order valence-electron chi connectivity index (χ1n) is 20.8. The number of carbonyl (C=O) groups is 3. The smallest absolute Gasteiger partial charge is 0.333 e. The van der Waals surface area contributed by atoms with Crippen LogP contribution in [-0.4, -0.2) is 101 Å². The number of imide groups is 1. The molecule has 2 aromatic carbocycles. The van der Waals surface area contributed by atoms with Crippen LogP contribution in [0.4, 0.5) is 11.4 Å². The molecule has 5 rings (SSSR count). The van der Waals surface area contributed by atoms with Gasteiger partial charge in [-0.3, -0.25) is 14.6 Å². The van der Waals surface area contributed by atoms with Gasteiger partial charge in [-0.05, 0) is 152 Å². The van der Waals surface area contributed by atoms with E-state index in [0.717, 1.165) is 17.3 Å². The molecule has 0 aliphatic carbocycles. The second-order valence-electron chi connectivity index (χ2n) is 18.3. The maximum Gasteiger partial charge on any atom is 0.333 e. The number of ether oxygens (including phenoxy) is 1. The molecule has 65 heavy (non-hydrogen) atoms. The van der Waals surface area contributed by atoms with Crippen LogP contribution in [0.2, 0.25) is 0 Å². The highest BCUT2D eigenvalue weighted by molar-refractivity contribution is 7.93. The average Bonchev–Trinajstić information content (AvgIpc) is 3.73. The van der Waals surface area contributed by atoms with Crippen LogP contribution in [0.5, 0.6) is 0 Å². The molecule has 0 spiro atoms. The molecule has 1 saturated heterocycles. The summed E-state index contributed by atoms with van der Waals surface area (Å²) < 4.78 is 123. The molecule has 1 N–H and O–H groups in total. The number of hydrogen-bond acceptors (Lipinski definition) is 18. The minimum atomic E-state index is -4.89. The summed E-state index contributed by atoms with van der Waals surface area (Å²) in [5.74, 6) is -3.25. The molecule has 2 atom stereocenters. The molecular weight excluding hydrogens is 927 g/mol. The molecule has 358 valence electrons. The van der Waals surface area contributed by atoms with E-state index in [1.165, 1.54) is 12.1 Å². The molecule has 3 heterocycles. The van der Waals surface area contributed by atoms with Crippen molar-refractivity contribution in [3.8, 4) is 0 Å². The van der Waals surface area contributed by atoms with Crippen LogP contribution in [0.15, 0.2) is 74.6 Å².